The topological polar surface area (TPSA) is 48.0 Å². The molecule has 0 aliphatic carbocycles. The number of nitrogens with one attached hydrogen (secondary N) is 1. The number of hydrogen-bond acceptors (Lipinski definition) is 5. The van der Waals surface area contributed by atoms with Crippen molar-refractivity contribution in [1.29, 1.82) is 0 Å². The van der Waals surface area contributed by atoms with Gasteiger partial charge in [0.05, 0.1) is 0 Å². The third-order valence-corrected chi connectivity index (χ3v) is 5.23. The molecule has 1 saturated heterocycles. The summed E-state index contributed by atoms with van der Waals surface area (Å²) in [5, 5.41) is 3.28. The summed E-state index contributed by atoms with van der Waals surface area (Å²) in [7, 11) is 4.22. The van der Waals surface area contributed by atoms with Crippen LogP contribution in [0.25, 0.3) is 0 Å². The molecule has 1 aromatic carbocycles. The van der Waals surface area contributed by atoms with E-state index in [4.69, 9.17) is 4.74 Å². The van der Waals surface area contributed by atoms with Crippen LogP contribution in [0.3, 0.4) is 0 Å². The fourth-order valence-electron chi connectivity index (χ4n) is 3.23. The number of cyclic esters (lactones) is 1. The van der Waals surface area contributed by atoms with Crippen LogP contribution in [0, 0.1) is 0 Å². The minimum atomic E-state index is -0.261. The summed E-state index contributed by atoms with van der Waals surface area (Å²) >= 11 is 1.40. The molecule has 0 bridgehead atoms. The molecule has 2 heterocycles. The Morgan fingerprint density at radius 1 is 1.33 bits per heavy atom. The van der Waals surface area contributed by atoms with Crippen LogP contribution in [-0.2, 0) is 24.1 Å². The third kappa shape index (κ3) is 3.35. The number of benzene rings is 1. The fraction of sp³-hybridized carbons (Fsp3) is 0.529. The number of nitrogens with zero attached hydrogens (tertiary/aromatic N) is 3. The summed E-state index contributed by atoms with van der Waals surface area (Å²) < 4.78 is 6.69. The Labute approximate surface area is 154 Å². The molecule has 0 spiro atoms. The van der Waals surface area contributed by atoms with Gasteiger partial charge in [-0.15, -0.1) is 0 Å². The van der Waals surface area contributed by atoms with Crippen molar-refractivity contribution < 1.29 is 28.9 Å². The van der Waals surface area contributed by atoms with Crippen LogP contribution in [0.15, 0.2) is 18.2 Å². The molecular weight excluding hydrogens is 476 g/mol. The Balaban J connectivity index is 1.80. The zero-order chi connectivity index (χ0) is 17.4. The van der Waals surface area contributed by atoms with Gasteiger partial charge in [0.25, 0.3) is 0 Å². The van der Waals surface area contributed by atoms with E-state index in [2.05, 4.69) is 48.3 Å². The minimum absolute atomic E-state index is 0.108. The van der Waals surface area contributed by atoms with Gasteiger partial charge in [-0.2, -0.15) is 0 Å². The summed E-state index contributed by atoms with van der Waals surface area (Å²) in [6.07, 6.45) is -0.369. The Kier molecular flexibility index (Phi) is 4.97. The van der Waals surface area contributed by atoms with Gasteiger partial charge in [-0.25, -0.2) is 0 Å². The number of fused-ring (bicyclic) bond motifs is 1. The van der Waals surface area contributed by atoms with E-state index >= 15 is 0 Å². The molecule has 2 atom stereocenters. The van der Waals surface area contributed by atoms with Crippen LogP contribution in [0.5, 0.6) is 0 Å². The Morgan fingerprint density at radius 2 is 2.08 bits per heavy atom. The molecular formula is C17H24N4O2W. The van der Waals surface area contributed by atoms with Crippen molar-refractivity contribution in [3.05, 3.63) is 18.2 Å². The first-order chi connectivity index (χ1) is 11.4. The Bertz CT molecular complexity index is 666. The molecule has 1 amide bonds. The van der Waals surface area contributed by atoms with Crippen LogP contribution in [0.1, 0.15) is 13.8 Å². The van der Waals surface area contributed by atoms with Gasteiger partial charge in [-0.1, -0.05) is 0 Å². The number of carbonyl (C=O) groups excluding carboxylic acids is 1. The molecule has 3 rings (SSSR count). The van der Waals surface area contributed by atoms with Crippen LogP contribution in [-0.4, -0.2) is 56.0 Å². The molecule has 0 saturated carbocycles. The van der Waals surface area contributed by atoms with Crippen molar-refractivity contribution in [3.8, 4) is 0 Å². The van der Waals surface area contributed by atoms with Crippen LogP contribution in [0.2, 0.25) is 0 Å². The predicted molar refractivity (Wildman–Crippen MR) is 93.9 cm³/mol. The molecule has 130 valence electrons. The van der Waals surface area contributed by atoms with Crippen molar-refractivity contribution in [1.82, 2.24) is 5.32 Å². The van der Waals surface area contributed by atoms with Crippen molar-refractivity contribution in [2.45, 2.75) is 26.0 Å². The van der Waals surface area contributed by atoms with E-state index < -0.39 is 0 Å². The van der Waals surface area contributed by atoms with Gasteiger partial charge < -0.3 is 0 Å². The number of ether oxygens (including phenoxy) is 1. The van der Waals surface area contributed by atoms with E-state index in [0.717, 1.165) is 17.9 Å². The van der Waals surface area contributed by atoms with E-state index in [1.54, 1.807) is 4.90 Å². The first-order valence-corrected chi connectivity index (χ1v) is 9.64. The summed E-state index contributed by atoms with van der Waals surface area (Å²) in [6.45, 7) is 6.49. The SMILES string of the molecule is C[C](=[W])NCC1CN(c2ccc3c(c2)N(C)CC(C)N3C)C(=O)O1. The second-order valence-electron chi connectivity index (χ2n) is 6.57. The van der Waals surface area contributed by atoms with Gasteiger partial charge in [-0.3, -0.25) is 0 Å². The van der Waals surface area contributed by atoms with Gasteiger partial charge in [0.1, 0.15) is 0 Å². The first-order valence-electron chi connectivity index (χ1n) is 8.17. The van der Waals surface area contributed by atoms with Gasteiger partial charge in [0.2, 0.25) is 0 Å². The van der Waals surface area contributed by atoms with Crippen molar-refractivity contribution in [3.63, 3.8) is 0 Å². The van der Waals surface area contributed by atoms with Crippen molar-refractivity contribution >= 4 is 27.2 Å². The van der Waals surface area contributed by atoms with E-state index in [1.165, 1.54) is 29.1 Å². The van der Waals surface area contributed by atoms with E-state index in [9.17, 15) is 4.79 Å². The van der Waals surface area contributed by atoms with Gasteiger partial charge in [-0.05, 0) is 6.92 Å². The summed E-state index contributed by atoms with van der Waals surface area (Å²) in [4.78, 5) is 18.5. The molecule has 0 radical (unpaired) electrons. The average Bonchev–Trinajstić information content (AvgIpc) is 2.91. The van der Waals surface area contributed by atoms with Gasteiger partial charge in [0, 0.05) is 0 Å². The van der Waals surface area contributed by atoms with Crippen LogP contribution in [0.4, 0.5) is 21.9 Å². The zero-order valence-corrected chi connectivity index (χ0v) is 17.5. The zero-order valence-electron chi connectivity index (χ0n) is 14.6. The molecule has 1 aromatic rings. The van der Waals surface area contributed by atoms with Crippen LogP contribution >= 0.6 is 0 Å². The quantitative estimate of drug-likeness (QED) is 0.681. The second-order valence-corrected chi connectivity index (χ2v) is 8.77. The molecule has 1 fully saturated rings. The monoisotopic (exact) mass is 500 g/mol. The molecule has 2 aliphatic heterocycles. The second kappa shape index (κ2) is 6.85. The summed E-state index contributed by atoms with van der Waals surface area (Å²) in [5.41, 5.74) is 3.26. The van der Waals surface area contributed by atoms with Crippen LogP contribution < -0.4 is 20.0 Å². The number of carbonyl (C=O) groups is 1. The third-order valence-electron chi connectivity index (χ3n) is 4.71. The molecule has 6 nitrogen and oxygen atoms in total. The number of anilines is 3. The molecule has 2 unspecified atom stereocenters. The molecule has 1 N–H and O–H groups in total. The van der Waals surface area contributed by atoms with Gasteiger partial charge >= 0.3 is 147 Å². The number of hydrogen-bond donors (Lipinski definition) is 1. The number of likely N-dealkylation sites (N-methyl/N-ethyl adjacent to an activating group) is 2. The Hall–Kier alpha value is -1.39. The van der Waals surface area contributed by atoms with E-state index in [0.29, 0.717) is 19.1 Å². The first kappa shape index (κ1) is 17.4. The average molecular weight is 500 g/mol. The van der Waals surface area contributed by atoms with Crippen molar-refractivity contribution in [2.24, 2.45) is 0 Å². The summed E-state index contributed by atoms with van der Waals surface area (Å²) in [5.74, 6) is 0. The normalized spacial score (nSPS) is 23.3. The maximum atomic E-state index is 12.2. The Morgan fingerprint density at radius 3 is 2.79 bits per heavy atom. The van der Waals surface area contributed by atoms with Gasteiger partial charge in [0.15, 0.2) is 0 Å². The summed E-state index contributed by atoms with van der Waals surface area (Å²) in [6, 6.07) is 6.68. The molecule has 24 heavy (non-hydrogen) atoms. The number of amides is 1. The van der Waals surface area contributed by atoms with E-state index in [-0.39, 0.29) is 12.2 Å². The standard InChI is InChI=1S/C17H24N4O2.W/c1-5-18-9-14-11-21(17(22)23-14)13-6-7-15-16(8-13)19(3)10-12(2)20(15)4;/h6-8,12,14,18H,9-11H2,1-4H3;. The van der Waals surface area contributed by atoms with E-state index in [1.807, 2.05) is 13.0 Å². The number of rotatable bonds is 4. The molecule has 7 heteroatoms. The fourth-order valence-corrected chi connectivity index (χ4v) is 3.53. The molecule has 0 aromatic heterocycles. The van der Waals surface area contributed by atoms with Crippen molar-refractivity contribution in [2.75, 3.05) is 48.4 Å². The molecule has 2 aliphatic rings. The maximum absolute atomic E-state index is 12.2. The predicted octanol–water partition coefficient (Wildman–Crippen LogP) is 1.57.